The molecule has 18 heavy (non-hydrogen) atoms. The first kappa shape index (κ1) is 19.4. The number of hydrogen-bond acceptors (Lipinski definition) is 5. The molecule has 108 valence electrons. The van der Waals surface area contributed by atoms with Gasteiger partial charge in [-0.05, 0) is 12.5 Å². The Morgan fingerprint density at radius 2 is 1.72 bits per heavy atom. The second kappa shape index (κ2) is 18.5. The fourth-order valence-electron chi connectivity index (χ4n) is 0.942. The van der Waals surface area contributed by atoms with Gasteiger partial charge in [-0.2, -0.15) is 0 Å². The monoisotopic (exact) mass is 261 g/mol. The van der Waals surface area contributed by atoms with Crippen LogP contribution >= 0.6 is 0 Å². The molecule has 0 N–H and O–H groups in total. The van der Waals surface area contributed by atoms with Gasteiger partial charge in [0, 0.05) is 20.3 Å². The van der Waals surface area contributed by atoms with E-state index in [0.717, 1.165) is 13.0 Å². The highest BCUT2D eigenvalue weighted by Crippen LogP contribution is 1.87. The fraction of sp³-hybridized carbons (Fsp3) is 0.769. The molecule has 0 aliphatic carbocycles. The standard InChI is InChI=1S/C11H21NO4.C2H6/c1-4-11(12-14-3)10-16-9-8-15-7-5-6-13-2;1-2/h4H,1,5-10H2,2-3H3;1-2H3/b12-11+;. The molecule has 0 aromatic carbocycles. The maximum Gasteiger partial charge on any atom is 0.106 e. The molecule has 0 spiro atoms. The van der Waals surface area contributed by atoms with Crippen LogP contribution in [0.15, 0.2) is 17.8 Å². The van der Waals surface area contributed by atoms with Crippen molar-refractivity contribution in [3.8, 4) is 0 Å². The van der Waals surface area contributed by atoms with E-state index in [9.17, 15) is 0 Å². The molecule has 5 nitrogen and oxygen atoms in total. The summed E-state index contributed by atoms with van der Waals surface area (Å²) in [6.45, 7) is 10.5. The molecule has 0 rings (SSSR count). The van der Waals surface area contributed by atoms with Crippen molar-refractivity contribution in [3.05, 3.63) is 12.7 Å². The summed E-state index contributed by atoms with van der Waals surface area (Å²) in [7, 11) is 3.16. The molecule has 0 aliphatic heterocycles. The first-order chi connectivity index (χ1) is 8.85. The average Bonchev–Trinajstić information content (AvgIpc) is 2.42. The average molecular weight is 261 g/mol. The number of ether oxygens (including phenoxy) is 3. The number of hydrogen-bond donors (Lipinski definition) is 0. The Morgan fingerprint density at radius 3 is 2.28 bits per heavy atom. The van der Waals surface area contributed by atoms with E-state index in [1.807, 2.05) is 13.8 Å². The molecular formula is C13H27NO4. The first-order valence-corrected chi connectivity index (χ1v) is 6.22. The number of methoxy groups -OCH3 is 1. The lowest BCUT2D eigenvalue weighted by atomic mass is 10.4. The van der Waals surface area contributed by atoms with Crippen molar-refractivity contribution < 1.29 is 19.0 Å². The topological polar surface area (TPSA) is 49.3 Å². The highest BCUT2D eigenvalue weighted by molar-refractivity contribution is 5.95. The van der Waals surface area contributed by atoms with Gasteiger partial charge in [0.25, 0.3) is 0 Å². The van der Waals surface area contributed by atoms with Gasteiger partial charge < -0.3 is 19.0 Å². The van der Waals surface area contributed by atoms with Crippen LogP contribution in [0.25, 0.3) is 0 Å². The Balaban J connectivity index is 0. The minimum Gasteiger partial charge on any atom is -0.399 e. The van der Waals surface area contributed by atoms with E-state index in [1.54, 1.807) is 13.2 Å². The van der Waals surface area contributed by atoms with Gasteiger partial charge in [0.05, 0.1) is 19.8 Å². The Kier molecular flexibility index (Phi) is 19.9. The van der Waals surface area contributed by atoms with Crippen LogP contribution in [-0.2, 0) is 19.0 Å². The van der Waals surface area contributed by atoms with Crippen LogP contribution in [0, 0.1) is 0 Å². The zero-order chi connectivity index (χ0) is 14.1. The summed E-state index contributed by atoms with van der Waals surface area (Å²) < 4.78 is 15.5. The zero-order valence-corrected chi connectivity index (χ0v) is 12.1. The van der Waals surface area contributed by atoms with Gasteiger partial charge in [0.15, 0.2) is 0 Å². The molecule has 0 unspecified atom stereocenters. The molecule has 5 heteroatoms. The molecule has 0 heterocycles. The van der Waals surface area contributed by atoms with Crippen molar-refractivity contribution in [2.45, 2.75) is 20.3 Å². The van der Waals surface area contributed by atoms with Crippen molar-refractivity contribution in [1.29, 1.82) is 0 Å². The lowest BCUT2D eigenvalue weighted by Crippen LogP contribution is -2.11. The van der Waals surface area contributed by atoms with E-state index in [1.165, 1.54) is 7.11 Å². The number of oxime groups is 1. The molecule has 0 saturated heterocycles. The molecule has 0 saturated carbocycles. The third-order valence-corrected chi connectivity index (χ3v) is 1.70. The van der Waals surface area contributed by atoms with Crippen molar-refractivity contribution >= 4 is 5.71 Å². The van der Waals surface area contributed by atoms with Gasteiger partial charge in [-0.3, -0.25) is 0 Å². The predicted octanol–water partition coefficient (Wildman–Crippen LogP) is 2.27. The van der Waals surface area contributed by atoms with E-state index in [-0.39, 0.29) is 0 Å². The van der Waals surface area contributed by atoms with Gasteiger partial charge in [-0.15, -0.1) is 0 Å². The minimum atomic E-state index is 0.388. The first-order valence-electron chi connectivity index (χ1n) is 6.22. The second-order valence-corrected chi connectivity index (χ2v) is 2.98. The summed E-state index contributed by atoms with van der Waals surface area (Å²) in [5, 5.41) is 3.72. The molecule has 0 aliphatic rings. The molecule has 0 aromatic heterocycles. The molecule has 0 atom stereocenters. The van der Waals surface area contributed by atoms with Crippen molar-refractivity contribution in [1.82, 2.24) is 0 Å². The van der Waals surface area contributed by atoms with Crippen molar-refractivity contribution in [2.75, 3.05) is 47.3 Å². The predicted molar refractivity (Wildman–Crippen MR) is 74.1 cm³/mol. The van der Waals surface area contributed by atoms with E-state index >= 15 is 0 Å². The van der Waals surface area contributed by atoms with Gasteiger partial charge in [-0.1, -0.05) is 25.6 Å². The Bertz CT molecular complexity index is 195. The maximum atomic E-state index is 5.31. The van der Waals surface area contributed by atoms with Crippen LogP contribution in [0.4, 0.5) is 0 Å². The van der Waals surface area contributed by atoms with Crippen LogP contribution in [0.3, 0.4) is 0 Å². The summed E-state index contributed by atoms with van der Waals surface area (Å²) in [4.78, 5) is 4.61. The van der Waals surface area contributed by atoms with E-state index in [2.05, 4.69) is 16.6 Å². The lowest BCUT2D eigenvalue weighted by molar-refractivity contribution is 0.0510. The number of rotatable bonds is 11. The molecule has 0 aromatic rings. The van der Waals surface area contributed by atoms with Gasteiger partial charge in [-0.25, -0.2) is 0 Å². The molecule has 0 amide bonds. The van der Waals surface area contributed by atoms with Crippen LogP contribution in [0.2, 0.25) is 0 Å². The van der Waals surface area contributed by atoms with Crippen LogP contribution < -0.4 is 0 Å². The largest absolute Gasteiger partial charge is 0.399 e. The van der Waals surface area contributed by atoms with Crippen LogP contribution in [0.1, 0.15) is 20.3 Å². The van der Waals surface area contributed by atoms with E-state index in [4.69, 9.17) is 14.2 Å². The lowest BCUT2D eigenvalue weighted by Gasteiger charge is -2.05. The van der Waals surface area contributed by atoms with Gasteiger partial charge in [0.1, 0.15) is 12.8 Å². The number of nitrogens with zero attached hydrogens (tertiary/aromatic N) is 1. The Labute approximate surface area is 111 Å². The SMILES string of the molecule is C=C/C(COCCOCCCOC)=N\OC.CC. The Hall–Kier alpha value is -0.910. The second-order valence-electron chi connectivity index (χ2n) is 2.98. The van der Waals surface area contributed by atoms with E-state index in [0.29, 0.717) is 32.1 Å². The van der Waals surface area contributed by atoms with E-state index < -0.39 is 0 Å². The van der Waals surface area contributed by atoms with Crippen LogP contribution in [0.5, 0.6) is 0 Å². The molecule has 0 bridgehead atoms. The zero-order valence-electron chi connectivity index (χ0n) is 12.1. The third kappa shape index (κ3) is 15.1. The maximum absolute atomic E-state index is 5.31. The summed E-state index contributed by atoms with van der Waals surface area (Å²) in [6, 6.07) is 0. The minimum absolute atomic E-state index is 0.388. The fourth-order valence-corrected chi connectivity index (χ4v) is 0.942. The van der Waals surface area contributed by atoms with Gasteiger partial charge in [0.2, 0.25) is 0 Å². The Morgan fingerprint density at radius 1 is 1.06 bits per heavy atom. The van der Waals surface area contributed by atoms with Crippen molar-refractivity contribution in [2.24, 2.45) is 5.16 Å². The van der Waals surface area contributed by atoms with Crippen LogP contribution in [-0.4, -0.2) is 53.0 Å². The van der Waals surface area contributed by atoms with Crippen molar-refractivity contribution in [3.63, 3.8) is 0 Å². The smallest absolute Gasteiger partial charge is 0.106 e. The van der Waals surface area contributed by atoms with Gasteiger partial charge >= 0.3 is 0 Å². The summed E-state index contributed by atoms with van der Waals surface area (Å²) in [5.74, 6) is 0. The highest BCUT2D eigenvalue weighted by Gasteiger charge is 1.95. The molecule has 0 radical (unpaired) electrons. The third-order valence-electron chi connectivity index (χ3n) is 1.70. The molecular weight excluding hydrogens is 234 g/mol. The quantitative estimate of drug-likeness (QED) is 0.325. The summed E-state index contributed by atoms with van der Waals surface area (Å²) >= 11 is 0. The highest BCUT2D eigenvalue weighted by atomic mass is 16.6. The summed E-state index contributed by atoms with van der Waals surface area (Å²) in [5.41, 5.74) is 0.668. The normalized spacial score (nSPS) is 10.6. The molecule has 0 fully saturated rings. The summed E-state index contributed by atoms with van der Waals surface area (Å²) in [6.07, 6.45) is 2.50.